The van der Waals surface area contributed by atoms with Gasteiger partial charge in [-0.25, -0.2) is 0 Å². The second-order valence-corrected chi connectivity index (χ2v) is 3.27. The molecule has 1 aromatic rings. The Balaban J connectivity index is 3.08. The van der Waals surface area contributed by atoms with Gasteiger partial charge in [0.1, 0.15) is 0 Å². The number of pyridine rings is 1. The van der Waals surface area contributed by atoms with Crippen LogP contribution in [0.15, 0.2) is 12.1 Å². The topological polar surface area (TPSA) is 36.7 Å². The van der Waals surface area contributed by atoms with Crippen LogP contribution in [0.1, 0.15) is 36.2 Å². The fourth-order valence-corrected chi connectivity index (χ4v) is 1.47. The quantitative estimate of drug-likeness (QED) is 0.691. The van der Waals surface area contributed by atoms with Crippen LogP contribution in [-0.2, 0) is 0 Å². The molecule has 0 aliphatic heterocycles. The van der Waals surface area contributed by atoms with E-state index in [2.05, 4.69) is 11.1 Å². The van der Waals surface area contributed by atoms with Crippen molar-refractivity contribution in [1.82, 2.24) is 4.98 Å². The molecular formula is C11H14N2. The van der Waals surface area contributed by atoms with Gasteiger partial charge in [-0.3, -0.25) is 4.98 Å². The van der Waals surface area contributed by atoms with Crippen molar-refractivity contribution < 1.29 is 0 Å². The zero-order valence-electron chi connectivity index (χ0n) is 8.33. The lowest BCUT2D eigenvalue weighted by Crippen LogP contribution is -1.97. The summed E-state index contributed by atoms with van der Waals surface area (Å²) in [7, 11) is 0. The van der Waals surface area contributed by atoms with E-state index in [0.717, 1.165) is 23.4 Å². The summed E-state index contributed by atoms with van der Waals surface area (Å²) in [5.41, 5.74) is 3.07. The lowest BCUT2D eigenvalue weighted by molar-refractivity contribution is 0.811. The van der Waals surface area contributed by atoms with Crippen LogP contribution in [0, 0.1) is 25.2 Å². The van der Waals surface area contributed by atoms with E-state index in [9.17, 15) is 0 Å². The van der Waals surface area contributed by atoms with Crippen molar-refractivity contribution in [3.8, 4) is 6.07 Å². The smallest absolute Gasteiger partial charge is 0.0711 e. The zero-order chi connectivity index (χ0) is 9.84. The van der Waals surface area contributed by atoms with Gasteiger partial charge in [-0.1, -0.05) is 6.92 Å². The molecular weight excluding hydrogens is 160 g/mol. The molecule has 1 atom stereocenters. The molecule has 0 radical (unpaired) electrons. The van der Waals surface area contributed by atoms with E-state index in [4.69, 9.17) is 5.26 Å². The van der Waals surface area contributed by atoms with Crippen molar-refractivity contribution in [2.45, 2.75) is 33.1 Å². The van der Waals surface area contributed by atoms with E-state index in [1.807, 2.05) is 32.9 Å². The van der Waals surface area contributed by atoms with Crippen LogP contribution < -0.4 is 0 Å². The largest absolute Gasteiger partial charge is 0.258 e. The predicted octanol–water partition coefficient (Wildman–Crippen LogP) is 2.72. The summed E-state index contributed by atoms with van der Waals surface area (Å²) >= 11 is 0. The third kappa shape index (κ3) is 2.29. The minimum atomic E-state index is 0.0143. The van der Waals surface area contributed by atoms with Crippen molar-refractivity contribution in [2.24, 2.45) is 0 Å². The normalized spacial score (nSPS) is 12.2. The van der Waals surface area contributed by atoms with Crippen LogP contribution in [0.3, 0.4) is 0 Å². The van der Waals surface area contributed by atoms with E-state index >= 15 is 0 Å². The summed E-state index contributed by atoms with van der Waals surface area (Å²) in [5.74, 6) is 0.0143. The highest BCUT2D eigenvalue weighted by molar-refractivity contribution is 5.27. The minimum absolute atomic E-state index is 0.0143. The van der Waals surface area contributed by atoms with Crippen LogP contribution in [0.2, 0.25) is 0 Å². The first-order valence-electron chi connectivity index (χ1n) is 4.52. The van der Waals surface area contributed by atoms with Gasteiger partial charge >= 0.3 is 0 Å². The number of hydrogen-bond donors (Lipinski definition) is 0. The van der Waals surface area contributed by atoms with E-state index in [0.29, 0.717) is 0 Å². The first-order chi connectivity index (χ1) is 6.17. The Labute approximate surface area is 79.2 Å². The maximum Gasteiger partial charge on any atom is 0.0711 e. The van der Waals surface area contributed by atoms with Crippen molar-refractivity contribution in [3.63, 3.8) is 0 Å². The molecule has 13 heavy (non-hydrogen) atoms. The first kappa shape index (κ1) is 9.73. The molecule has 0 spiro atoms. The molecule has 1 rings (SSSR count). The highest BCUT2D eigenvalue weighted by atomic mass is 14.7. The van der Waals surface area contributed by atoms with Gasteiger partial charge in [-0.2, -0.15) is 5.26 Å². The van der Waals surface area contributed by atoms with Gasteiger partial charge in [0, 0.05) is 11.4 Å². The van der Waals surface area contributed by atoms with Crippen molar-refractivity contribution in [2.75, 3.05) is 0 Å². The second kappa shape index (κ2) is 4.04. The predicted molar refractivity (Wildman–Crippen MR) is 52.4 cm³/mol. The molecule has 0 amide bonds. The Morgan fingerprint density at radius 3 is 2.31 bits per heavy atom. The lowest BCUT2D eigenvalue weighted by atomic mass is 9.98. The number of nitriles is 1. The molecule has 0 aliphatic carbocycles. The van der Waals surface area contributed by atoms with Crippen molar-refractivity contribution in [3.05, 3.63) is 29.1 Å². The monoisotopic (exact) mass is 174 g/mol. The molecule has 2 nitrogen and oxygen atoms in total. The molecule has 1 unspecified atom stereocenters. The van der Waals surface area contributed by atoms with E-state index < -0.39 is 0 Å². The molecule has 2 heteroatoms. The van der Waals surface area contributed by atoms with E-state index in [1.165, 1.54) is 0 Å². The summed E-state index contributed by atoms with van der Waals surface area (Å²) in [6, 6.07) is 6.28. The SMILES string of the molecule is CCC(C#N)c1cc(C)nc(C)c1. The number of nitrogens with zero attached hydrogens (tertiary/aromatic N) is 2. The third-order valence-electron chi connectivity index (χ3n) is 2.07. The van der Waals surface area contributed by atoms with Gasteiger partial charge in [0.05, 0.1) is 12.0 Å². The number of hydrogen-bond acceptors (Lipinski definition) is 2. The minimum Gasteiger partial charge on any atom is -0.258 e. The summed E-state index contributed by atoms with van der Waals surface area (Å²) in [6.07, 6.45) is 0.861. The van der Waals surface area contributed by atoms with E-state index in [-0.39, 0.29) is 5.92 Å². The fourth-order valence-electron chi connectivity index (χ4n) is 1.47. The Morgan fingerprint density at radius 1 is 1.38 bits per heavy atom. The second-order valence-electron chi connectivity index (χ2n) is 3.27. The summed E-state index contributed by atoms with van der Waals surface area (Å²) in [5, 5.41) is 8.89. The van der Waals surface area contributed by atoms with Gasteiger partial charge < -0.3 is 0 Å². The van der Waals surface area contributed by atoms with Gasteiger partial charge in [-0.15, -0.1) is 0 Å². The Bertz CT molecular complexity index is 316. The van der Waals surface area contributed by atoms with E-state index in [1.54, 1.807) is 0 Å². The van der Waals surface area contributed by atoms with Gasteiger partial charge in [-0.05, 0) is 38.0 Å². The average molecular weight is 174 g/mol. The summed E-state index contributed by atoms with van der Waals surface area (Å²) < 4.78 is 0. The number of rotatable bonds is 2. The Hall–Kier alpha value is -1.36. The zero-order valence-corrected chi connectivity index (χ0v) is 8.33. The molecule has 0 N–H and O–H groups in total. The van der Waals surface area contributed by atoms with Crippen LogP contribution in [0.25, 0.3) is 0 Å². The molecule has 1 heterocycles. The Kier molecular flexibility index (Phi) is 3.02. The fraction of sp³-hybridized carbons (Fsp3) is 0.455. The van der Waals surface area contributed by atoms with Gasteiger partial charge in [0.15, 0.2) is 0 Å². The molecule has 0 aliphatic rings. The maximum absolute atomic E-state index is 8.89. The molecule has 1 aromatic heterocycles. The third-order valence-corrected chi connectivity index (χ3v) is 2.07. The molecule has 68 valence electrons. The van der Waals surface area contributed by atoms with Gasteiger partial charge in [0.25, 0.3) is 0 Å². The highest BCUT2D eigenvalue weighted by Gasteiger charge is 2.08. The number of aromatic nitrogens is 1. The molecule has 0 saturated heterocycles. The molecule has 0 bridgehead atoms. The molecule has 0 saturated carbocycles. The first-order valence-corrected chi connectivity index (χ1v) is 4.52. The van der Waals surface area contributed by atoms with Crippen LogP contribution in [-0.4, -0.2) is 4.98 Å². The lowest BCUT2D eigenvalue weighted by Gasteiger charge is -2.07. The van der Waals surface area contributed by atoms with Gasteiger partial charge in [0.2, 0.25) is 0 Å². The molecule has 0 fully saturated rings. The highest BCUT2D eigenvalue weighted by Crippen LogP contribution is 2.19. The average Bonchev–Trinajstić information content (AvgIpc) is 2.04. The molecule has 0 aromatic carbocycles. The maximum atomic E-state index is 8.89. The summed E-state index contributed by atoms with van der Waals surface area (Å²) in [4.78, 5) is 4.28. The van der Waals surface area contributed by atoms with Crippen LogP contribution >= 0.6 is 0 Å². The Morgan fingerprint density at radius 2 is 1.92 bits per heavy atom. The van der Waals surface area contributed by atoms with Crippen molar-refractivity contribution >= 4 is 0 Å². The van der Waals surface area contributed by atoms with Crippen LogP contribution in [0.4, 0.5) is 0 Å². The number of aryl methyl sites for hydroxylation is 2. The standard InChI is InChI=1S/C11H14N2/c1-4-10(7-12)11-5-8(2)13-9(3)6-11/h5-6,10H,4H2,1-3H3. The summed E-state index contributed by atoms with van der Waals surface area (Å²) in [6.45, 7) is 5.94. The van der Waals surface area contributed by atoms with Crippen LogP contribution in [0.5, 0.6) is 0 Å². The van der Waals surface area contributed by atoms with Crippen molar-refractivity contribution in [1.29, 1.82) is 5.26 Å².